The molecule has 1 aromatic rings. The molecule has 1 aromatic heterocycles. The highest BCUT2D eigenvalue weighted by Crippen LogP contribution is 2.15. The minimum absolute atomic E-state index is 0.609. The van der Waals surface area contributed by atoms with Gasteiger partial charge in [0.25, 0.3) is 0 Å². The van der Waals surface area contributed by atoms with Crippen LogP contribution in [0.4, 0.5) is 0 Å². The van der Waals surface area contributed by atoms with E-state index in [1.165, 1.54) is 35.6 Å². The van der Waals surface area contributed by atoms with E-state index in [1.54, 1.807) is 0 Å². The van der Waals surface area contributed by atoms with Crippen LogP contribution < -0.4 is 10.6 Å². The summed E-state index contributed by atoms with van der Waals surface area (Å²) in [5.41, 5.74) is 0. The van der Waals surface area contributed by atoms with Crippen molar-refractivity contribution in [2.45, 2.75) is 51.7 Å². The van der Waals surface area contributed by atoms with Crippen LogP contribution in [0.2, 0.25) is 0 Å². The van der Waals surface area contributed by atoms with Crippen molar-refractivity contribution in [2.75, 3.05) is 6.54 Å². The van der Waals surface area contributed by atoms with E-state index in [1.807, 2.05) is 11.3 Å². The summed E-state index contributed by atoms with van der Waals surface area (Å²) in [5.74, 6) is 0. The molecular weight excluding hydrogens is 216 g/mol. The van der Waals surface area contributed by atoms with Gasteiger partial charge in [-0.1, -0.05) is 0 Å². The van der Waals surface area contributed by atoms with Gasteiger partial charge in [0, 0.05) is 28.4 Å². The van der Waals surface area contributed by atoms with Crippen molar-refractivity contribution in [1.82, 2.24) is 10.6 Å². The van der Waals surface area contributed by atoms with E-state index < -0.39 is 0 Å². The zero-order valence-electron chi connectivity index (χ0n) is 10.3. The van der Waals surface area contributed by atoms with Crippen molar-refractivity contribution in [3.63, 3.8) is 0 Å². The standard InChI is InChI=1S/C13H22N2S/c1-10(8-12-4-3-7-14-12)15-9-13-6-5-11(2)16-13/h5-6,10,12,14-15H,3-4,7-9H2,1-2H3. The lowest BCUT2D eigenvalue weighted by atomic mass is 10.1. The molecule has 1 saturated heterocycles. The Hall–Kier alpha value is -0.380. The molecule has 0 aromatic carbocycles. The lowest BCUT2D eigenvalue weighted by molar-refractivity contribution is 0.441. The molecule has 0 bridgehead atoms. The van der Waals surface area contributed by atoms with E-state index >= 15 is 0 Å². The van der Waals surface area contributed by atoms with E-state index in [0.29, 0.717) is 6.04 Å². The van der Waals surface area contributed by atoms with Crippen LogP contribution >= 0.6 is 11.3 Å². The van der Waals surface area contributed by atoms with Gasteiger partial charge in [-0.25, -0.2) is 0 Å². The number of nitrogens with one attached hydrogen (secondary N) is 2. The summed E-state index contributed by atoms with van der Waals surface area (Å²) in [7, 11) is 0. The van der Waals surface area contributed by atoms with Gasteiger partial charge in [0.1, 0.15) is 0 Å². The molecule has 1 aliphatic rings. The third kappa shape index (κ3) is 3.58. The molecule has 16 heavy (non-hydrogen) atoms. The van der Waals surface area contributed by atoms with Crippen LogP contribution in [0.3, 0.4) is 0 Å². The van der Waals surface area contributed by atoms with Crippen LogP contribution in [0.1, 0.15) is 35.9 Å². The largest absolute Gasteiger partial charge is 0.314 e. The van der Waals surface area contributed by atoms with Gasteiger partial charge in [0.15, 0.2) is 0 Å². The van der Waals surface area contributed by atoms with Gasteiger partial charge in [-0.2, -0.15) is 0 Å². The summed E-state index contributed by atoms with van der Waals surface area (Å²) < 4.78 is 0. The van der Waals surface area contributed by atoms with Crippen molar-refractivity contribution in [3.8, 4) is 0 Å². The fourth-order valence-corrected chi connectivity index (χ4v) is 3.16. The molecule has 2 nitrogen and oxygen atoms in total. The molecule has 2 atom stereocenters. The highest BCUT2D eigenvalue weighted by Gasteiger charge is 2.16. The Kier molecular flexibility index (Phi) is 4.38. The summed E-state index contributed by atoms with van der Waals surface area (Å²) in [4.78, 5) is 2.85. The second kappa shape index (κ2) is 5.80. The Bertz CT molecular complexity index is 315. The normalized spacial score (nSPS) is 22.5. The fraction of sp³-hybridized carbons (Fsp3) is 0.692. The summed E-state index contributed by atoms with van der Waals surface area (Å²) in [6.07, 6.45) is 3.95. The zero-order valence-corrected chi connectivity index (χ0v) is 11.1. The molecule has 2 unspecified atom stereocenters. The van der Waals surface area contributed by atoms with Gasteiger partial charge < -0.3 is 10.6 Å². The Morgan fingerprint density at radius 2 is 2.44 bits per heavy atom. The monoisotopic (exact) mass is 238 g/mol. The van der Waals surface area contributed by atoms with Crippen molar-refractivity contribution in [1.29, 1.82) is 0 Å². The minimum Gasteiger partial charge on any atom is -0.314 e. The Morgan fingerprint density at radius 1 is 1.56 bits per heavy atom. The molecule has 3 heteroatoms. The van der Waals surface area contributed by atoms with E-state index in [-0.39, 0.29) is 0 Å². The molecule has 0 radical (unpaired) electrons. The van der Waals surface area contributed by atoms with E-state index in [4.69, 9.17) is 0 Å². The third-order valence-electron chi connectivity index (χ3n) is 3.22. The maximum Gasteiger partial charge on any atom is 0.0302 e. The van der Waals surface area contributed by atoms with Crippen molar-refractivity contribution < 1.29 is 0 Å². The van der Waals surface area contributed by atoms with E-state index in [2.05, 4.69) is 36.6 Å². The number of thiophene rings is 1. The van der Waals surface area contributed by atoms with Crippen molar-refractivity contribution >= 4 is 11.3 Å². The fourth-order valence-electron chi connectivity index (χ4n) is 2.32. The molecule has 0 spiro atoms. The highest BCUT2D eigenvalue weighted by atomic mass is 32.1. The number of rotatable bonds is 5. The predicted molar refractivity (Wildman–Crippen MR) is 71.0 cm³/mol. The first kappa shape index (κ1) is 12.1. The highest BCUT2D eigenvalue weighted by molar-refractivity contribution is 7.11. The number of hydrogen-bond donors (Lipinski definition) is 2. The summed E-state index contributed by atoms with van der Waals surface area (Å²) in [6.45, 7) is 6.69. The molecule has 0 saturated carbocycles. The van der Waals surface area contributed by atoms with Crippen LogP contribution in [0.25, 0.3) is 0 Å². The molecule has 0 aliphatic carbocycles. The summed E-state index contributed by atoms with van der Waals surface area (Å²) in [6, 6.07) is 5.78. The maximum absolute atomic E-state index is 3.61. The average Bonchev–Trinajstić information content (AvgIpc) is 2.87. The lowest BCUT2D eigenvalue weighted by Crippen LogP contribution is -2.33. The van der Waals surface area contributed by atoms with Gasteiger partial charge in [0.05, 0.1) is 0 Å². The summed E-state index contributed by atoms with van der Waals surface area (Å²) >= 11 is 1.89. The maximum atomic E-state index is 3.61. The Morgan fingerprint density at radius 3 is 3.06 bits per heavy atom. The van der Waals surface area contributed by atoms with Crippen LogP contribution in [0.5, 0.6) is 0 Å². The zero-order chi connectivity index (χ0) is 11.4. The van der Waals surface area contributed by atoms with Crippen LogP contribution in [0.15, 0.2) is 12.1 Å². The second-order valence-corrected chi connectivity index (χ2v) is 6.20. The first-order chi connectivity index (χ1) is 7.74. The topological polar surface area (TPSA) is 24.1 Å². The molecule has 0 amide bonds. The Labute approximate surface area is 102 Å². The molecule has 2 heterocycles. The van der Waals surface area contributed by atoms with Gasteiger partial charge in [-0.15, -0.1) is 11.3 Å². The van der Waals surface area contributed by atoms with Gasteiger partial charge in [0.2, 0.25) is 0 Å². The molecule has 2 N–H and O–H groups in total. The van der Waals surface area contributed by atoms with Gasteiger partial charge in [-0.05, 0) is 51.8 Å². The van der Waals surface area contributed by atoms with E-state index in [9.17, 15) is 0 Å². The molecule has 2 rings (SSSR count). The average molecular weight is 238 g/mol. The molecule has 1 fully saturated rings. The molecular formula is C13H22N2S. The summed E-state index contributed by atoms with van der Waals surface area (Å²) in [5, 5.41) is 7.16. The van der Waals surface area contributed by atoms with Gasteiger partial charge >= 0.3 is 0 Å². The second-order valence-electron chi connectivity index (χ2n) is 4.82. The molecule has 90 valence electrons. The predicted octanol–water partition coefficient (Wildman–Crippen LogP) is 2.68. The lowest BCUT2D eigenvalue weighted by Gasteiger charge is -2.17. The minimum atomic E-state index is 0.609. The Balaban J connectivity index is 1.68. The first-order valence-corrected chi connectivity index (χ1v) is 7.08. The smallest absolute Gasteiger partial charge is 0.0302 e. The number of aryl methyl sites for hydroxylation is 1. The number of hydrogen-bond acceptors (Lipinski definition) is 3. The van der Waals surface area contributed by atoms with Crippen molar-refractivity contribution in [2.24, 2.45) is 0 Å². The quantitative estimate of drug-likeness (QED) is 0.824. The van der Waals surface area contributed by atoms with Crippen LogP contribution in [0, 0.1) is 6.92 Å². The van der Waals surface area contributed by atoms with Crippen LogP contribution in [-0.4, -0.2) is 18.6 Å². The molecule has 1 aliphatic heterocycles. The SMILES string of the molecule is Cc1ccc(CNC(C)CC2CCCN2)s1. The first-order valence-electron chi connectivity index (χ1n) is 6.26. The third-order valence-corrected chi connectivity index (χ3v) is 4.22. The van der Waals surface area contributed by atoms with Gasteiger partial charge in [-0.3, -0.25) is 0 Å². The van der Waals surface area contributed by atoms with Crippen molar-refractivity contribution in [3.05, 3.63) is 21.9 Å². The van der Waals surface area contributed by atoms with Crippen LogP contribution in [-0.2, 0) is 6.54 Å². The van der Waals surface area contributed by atoms with E-state index in [0.717, 1.165) is 12.6 Å².